The van der Waals surface area contributed by atoms with E-state index < -0.39 is 17.6 Å². The van der Waals surface area contributed by atoms with Gasteiger partial charge in [0.2, 0.25) is 0 Å². The lowest BCUT2D eigenvalue weighted by atomic mass is 10.1. The highest BCUT2D eigenvalue weighted by Gasteiger charge is 2.17. The van der Waals surface area contributed by atoms with E-state index in [9.17, 15) is 14.7 Å². The van der Waals surface area contributed by atoms with Crippen LogP contribution in [-0.2, 0) is 4.74 Å². The standard InChI is InChI=1S/C19H22N2O4/c1-12-8-9-15(16(22)10-12)21-17(23)13-6-5-7-14(11-13)20-18(24)25-19(2,3)4/h5-11,22H,1-4H3,(H,20,24)(H,21,23). The lowest BCUT2D eigenvalue weighted by Crippen LogP contribution is -2.27. The van der Waals surface area contributed by atoms with Gasteiger partial charge >= 0.3 is 6.09 Å². The van der Waals surface area contributed by atoms with Crippen molar-refractivity contribution in [2.75, 3.05) is 10.6 Å². The normalized spacial score (nSPS) is 10.9. The van der Waals surface area contributed by atoms with Gasteiger partial charge in [0.1, 0.15) is 11.4 Å². The molecule has 0 radical (unpaired) electrons. The van der Waals surface area contributed by atoms with Gasteiger partial charge in [-0.05, 0) is 63.6 Å². The van der Waals surface area contributed by atoms with E-state index in [1.807, 2.05) is 6.92 Å². The SMILES string of the molecule is Cc1ccc(NC(=O)c2cccc(NC(=O)OC(C)(C)C)c2)c(O)c1. The first-order valence-electron chi connectivity index (χ1n) is 7.85. The number of ether oxygens (including phenoxy) is 1. The zero-order chi connectivity index (χ0) is 18.6. The number of hydrogen-bond acceptors (Lipinski definition) is 4. The molecular weight excluding hydrogens is 320 g/mol. The molecule has 2 aromatic rings. The second-order valence-electron chi connectivity index (χ2n) is 6.68. The summed E-state index contributed by atoms with van der Waals surface area (Å²) in [6.07, 6.45) is -0.596. The number of rotatable bonds is 3. The summed E-state index contributed by atoms with van der Waals surface area (Å²) in [5.41, 5.74) is 1.38. The molecular formula is C19H22N2O4. The van der Waals surface area contributed by atoms with E-state index in [4.69, 9.17) is 4.74 Å². The molecule has 0 aliphatic heterocycles. The fraction of sp³-hybridized carbons (Fsp3) is 0.263. The highest BCUT2D eigenvalue weighted by molar-refractivity contribution is 6.05. The first kappa shape index (κ1) is 18.3. The third-order valence-corrected chi connectivity index (χ3v) is 3.17. The molecule has 0 atom stereocenters. The summed E-state index contributed by atoms with van der Waals surface area (Å²) >= 11 is 0. The van der Waals surface area contributed by atoms with E-state index in [2.05, 4.69) is 10.6 Å². The number of amides is 2. The number of carbonyl (C=O) groups excluding carboxylic acids is 2. The summed E-state index contributed by atoms with van der Waals surface area (Å²) in [6.45, 7) is 7.15. The Kier molecular flexibility index (Phi) is 5.32. The number of aromatic hydroxyl groups is 1. The van der Waals surface area contributed by atoms with Crippen LogP contribution in [-0.4, -0.2) is 22.7 Å². The first-order chi connectivity index (χ1) is 11.6. The van der Waals surface area contributed by atoms with Gasteiger partial charge in [0, 0.05) is 11.3 Å². The fourth-order valence-corrected chi connectivity index (χ4v) is 2.10. The summed E-state index contributed by atoms with van der Waals surface area (Å²) < 4.78 is 5.18. The monoisotopic (exact) mass is 342 g/mol. The molecule has 6 heteroatoms. The van der Waals surface area contributed by atoms with E-state index in [1.165, 1.54) is 6.07 Å². The average molecular weight is 342 g/mol. The highest BCUT2D eigenvalue weighted by atomic mass is 16.6. The van der Waals surface area contributed by atoms with E-state index in [1.54, 1.807) is 57.2 Å². The first-order valence-corrected chi connectivity index (χ1v) is 7.85. The number of phenols is 1. The Bertz CT molecular complexity index is 794. The summed E-state index contributed by atoms with van der Waals surface area (Å²) in [5, 5.41) is 15.1. The Morgan fingerprint density at radius 3 is 2.40 bits per heavy atom. The van der Waals surface area contributed by atoms with Crippen LogP contribution in [0, 0.1) is 6.92 Å². The van der Waals surface area contributed by atoms with Crippen LogP contribution in [0.25, 0.3) is 0 Å². The molecule has 0 unspecified atom stereocenters. The van der Waals surface area contributed by atoms with Crippen LogP contribution in [0.3, 0.4) is 0 Å². The number of anilines is 2. The summed E-state index contributed by atoms with van der Waals surface area (Å²) in [5.74, 6) is -0.400. The van der Waals surface area contributed by atoms with Crippen molar-refractivity contribution in [1.29, 1.82) is 0 Å². The Labute approximate surface area is 146 Å². The minimum Gasteiger partial charge on any atom is -0.506 e. The third kappa shape index (κ3) is 5.53. The molecule has 0 bridgehead atoms. The van der Waals surface area contributed by atoms with E-state index in [0.717, 1.165) is 5.56 Å². The number of benzene rings is 2. The quantitative estimate of drug-likeness (QED) is 0.726. The summed E-state index contributed by atoms with van der Waals surface area (Å²) in [7, 11) is 0. The van der Waals surface area contributed by atoms with Crippen LogP contribution in [0.2, 0.25) is 0 Å². The predicted octanol–water partition coefficient (Wildman–Crippen LogP) is 4.30. The van der Waals surface area contributed by atoms with Gasteiger partial charge in [0.25, 0.3) is 5.91 Å². The van der Waals surface area contributed by atoms with Gasteiger partial charge in [-0.2, -0.15) is 0 Å². The maximum absolute atomic E-state index is 12.4. The molecule has 0 aliphatic rings. The number of aryl methyl sites for hydroxylation is 1. The Hall–Kier alpha value is -3.02. The smallest absolute Gasteiger partial charge is 0.412 e. The van der Waals surface area contributed by atoms with Crippen LogP contribution in [0.4, 0.5) is 16.2 Å². The molecule has 0 saturated heterocycles. The van der Waals surface area contributed by atoms with Crippen LogP contribution in [0.15, 0.2) is 42.5 Å². The van der Waals surface area contributed by atoms with Crippen molar-refractivity contribution in [1.82, 2.24) is 0 Å². The van der Waals surface area contributed by atoms with Crippen molar-refractivity contribution >= 4 is 23.4 Å². The van der Waals surface area contributed by atoms with E-state index >= 15 is 0 Å². The number of nitrogens with one attached hydrogen (secondary N) is 2. The molecule has 2 amide bonds. The Balaban J connectivity index is 2.09. The molecule has 0 saturated carbocycles. The van der Waals surface area contributed by atoms with Gasteiger partial charge in [0.15, 0.2) is 0 Å². The Morgan fingerprint density at radius 1 is 1.04 bits per heavy atom. The number of hydrogen-bond donors (Lipinski definition) is 3. The molecule has 2 rings (SSSR count). The van der Waals surface area contributed by atoms with Gasteiger partial charge in [-0.25, -0.2) is 4.79 Å². The number of phenolic OH excluding ortho intramolecular Hbond substituents is 1. The van der Waals surface area contributed by atoms with Crippen molar-refractivity contribution in [3.8, 4) is 5.75 Å². The molecule has 0 fully saturated rings. The van der Waals surface area contributed by atoms with Crippen LogP contribution < -0.4 is 10.6 Å². The maximum atomic E-state index is 12.4. The van der Waals surface area contributed by atoms with Gasteiger partial charge < -0.3 is 15.2 Å². The zero-order valence-electron chi connectivity index (χ0n) is 14.7. The molecule has 0 heterocycles. The average Bonchev–Trinajstić information content (AvgIpc) is 2.48. The van der Waals surface area contributed by atoms with Crippen molar-refractivity contribution in [3.05, 3.63) is 53.6 Å². The van der Waals surface area contributed by atoms with Gasteiger partial charge in [0.05, 0.1) is 5.69 Å². The molecule has 6 nitrogen and oxygen atoms in total. The van der Waals surface area contributed by atoms with Gasteiger partial charge in [-0.1, -0.05) is 12.1 Å². The topological polar surface area (TPSA) is 87.7 Å². The van der Waals surface area contributed by atoms with Gasteiger partial charge in [-0.15, -0.1) is 0 Å². The maximum Gasteiger partial charge on any atom is 0.412 e. The highest BCUT2D eigenvalue weighted by Crippen LogP contribution is 2.24. The second kappa shape index (κ2) is 7.25. The summed E-state index contributed by atoms with van der Waals surface area (Å²) in [6, 6.07) is 11.4. The molecule has 3 N–H and O–H groups in total. The van der Waals surface area contributed by atoms with Crippen LogP contribution in [0.5, 0.6) is 5.75 Å². The minimum atomic E-state index is -0.609. The summed E-state index contributed by atoms with van der Waals surface area (Å²) in [4.78, 5) is 24.2. The van der Waals surface area contributed by atoms with Crippen molar-refractivity contribution in [3.63, 3.8) is 0 Å². The molecule has 25 heavy (non-hydrogen) atoms. The van der Waals surface area contributed by atoms with Crippen molar-refractivity contribution in [2.45, 2.75) is 33.3 Å². The Morgan fingerprint density at radius 2 is 1.76 bits per heavy atom. The fourth-order valence-electron chi connectivity index (χ4n) is 2.10. The largest absolute Gasteiger partial charge is 0.506 e. The van der Waals surface area contributed by atoms with Crippen LogP contribution in [0.1, 0.15) is 36.7 Å². The molecule has 2 aromatic carbocycles. The van der Waals surface area contributed by atoms with Gasteiger partial charge in [-0.3, -0.25) is 10.1 Å². The van der Waals surface area contributed by atoms with Crippen molar-refractivity contribution in [2.24, 2.45) is 0 Å². The molecule has 0 aliphatic carbocycles. The van der Waals surface area contributed by atoms with Crippen molar-refractivity contribution < 1.29 is 19.4 Å². The second-order valence-corrected chi connectivity index (χ2v) is 6.68. The minimum absolute atomic E-state index is 0.00335. The molecule has 0 spiro atoms. The lowest BCUT2D eigenvalue weighted by Gasteiger charge is -2.19. The van der Waals surface area contributed by atoms with Crippen LogP contribution >= 0.6 is 0 Å². The lowest BCUT2D eigenvalue weighted by molar-refractivity contribution is 0.0635. The van der Waals surface area contributed by atoms with E-state index in [0.29, 0.717) is 16.9 Å². The van der Waals surface area contributed by atoms with E-state index in [-0.39, 0.29) is 5.75 Å². The molecule has 132 valence electrons. The zero-order valence-corrected chi connectivity index (χ0v) is 14.7. The third-order valence-electron chi connectivity index (χ3n) is 3.17. The number of carbonyl (C=O) groups is 2. The molecule has 0 aromatic heterocycles. The predicted molar refractivity (Wildman–Crippen MR) is 97.1 cm³/mol.